The summed E-state index contributed by atoms with van der Waals surface area (Å²) in [7, 11) is 1.60. The monoisotopic (exact) mass is 212 g/mol. The molecule has 3 nitrogen and oxygen atoms in total. The van der Waals surface area contributed by atoms with Gasteiger partial charge in [-0.3, -0.25) is 4.79 Å². The van der Waals surface area contributed by atoms with E-state index >= 15 is 0 Å². The second-order valence-electron chi connectivity index (χ2n) is 2.95. The minimum absolute atomic E-state index is 0.0413. The first-order valence-electron chi connectivity index (χ1n) is 4.38. The molecule has 1 amide bonds. The lowest BCUT2D eigenvalue weighted by Gasteiger charge is -2.14. The molecule has 6 heteroatoms. The van der Waals surface area contributed by atoms with E-state index in [1.165, 1.54) is 4.90 Å². The van der Waals surface area contributed by atoms with Crippen LogP contribution >= 0.6 is 0 Å². The molecule has 0 rings (SSSR count). The van der Waals surface area contributed by atoms with E-state index < -0.39 is 12.6 Å². The molecule has 0 atom stereocenters. The van der Waals surface area contributed by atoms with Crippen molar-refractivity contribution in [2.45, 2.75) is 19.5 Å². The van der Waals surface area contributed by atoms with Gasteiger partial charge in [-0.25, -0.2) is 0 Å². The molecule has 0 aliphatic rings. The molecule has 0 fully saturated rings. The van der Waals surface area contributed by atoms with Gasteiger partial charge < -0.3 is 10.2 Å². The van der Waals surface area contributed by atoms with Gasteiger partial charge in [-0.1, -0.05) is 0 Å². The molecule has 0 heterocycles. The van der Waals surface area contributed by atoms with Gasteiger partial charge in [0.25, 0.3) is 0 Å². The second-order valence-corrected chi connectivity index (χ2v) is 2.95. The number of nitrogens with zero attached hydrogens (tertiary/aromatic N) is 1. The van der Waals surface area contributed by atoms with Crippen molar-refractivity contribution >= 4 is 5.91 Å². The van der Waals surface area contributed by atoms with Gasteiger partial charge in [0, 0.05) is 20.1 Å². The summed E-state index contributed by atoms with van der Waals surface area (Å²) >= 11 is 0. The van der Waals surface area contributed by atoms with E-state index in [9.17, 15) is 18.0 Å². The van der Waals surface area contributed by atoms with Crippen LogP contribution in [0.25, 0.3) is 0 Å². The molecule has 14 heavy (non-hydrogen) atoms. The summed E-state index contributed by atoms with van der Waals surface area (Å²) in [5.41, 5.74) is 0. The SMILES string of the molecule is CCN(C)C(=O)CNCCC(F)(F)F. The standard InChI is InChI=1S/C8H15F3N2O/c1-3-13(2)7(14)6-12-5-4-8(9,10)11/h12H,3-6H2,1-2H3. The Labute approximate surface area is 81.3 Å². The van der Waals surface area contributed by atoms with Crippen LogP contribution in [-0.4, -0.2) is 43.7 Å². The molecular formula is C8H15F3N2O. The van der Waals surface area contributed by atoms with Gasteiger partial charge in [0.2, 0.25) is 5.91 Å². The summed E-state index contributed by atoms with van der Waals surface area (Å²) < 4.78 is 35.0. The third-order valence-corrected chi connectivity index (χ3v) is 1.76. The number of rotatable bonds is 5. The maximum atomic E-state index is 11.7. The second kappa shape index (κ2) is 5.85. The van der Waals surface area contributed by atoms with Gasteiger partial charge in [0.1, 0.15) is 0 Å². The van der Waals surface area contributed by atoms with Gasteiger partial charge in [-0.05, 0) is 6.92 Å². The van der Waals surface area contributed by atoms with Crippen LogP contribution in [0.1, 0.15) is 13.3 Å². The fourth-order valence-electron chi connectivity index (χ4n) is 0.737. The smallest absolute Gasteiger partial charge is 0.345 e. The van der Waals surface area contributed by atoms with Crippen LogP contribution in [0.5, 0.6) is 0 Å². The molecule has 0 unspecified atom stereocenters. The van der Waals surface area contributed by atoms with Crippen LogP contribution in [-0.2, 0) is 4.79 Å². The highest BCUT2D eigenvalue weighted by Crippen LogP contribution is 2.17. The van der Waals surface area contributed by atoms with E-state index in [0.29, 0.717) is 6.54 Å². The average Bonchev–Trinajstić information content (AvgIpc) is 2.09. The van der Waals surface area contributed by atoms with Crippen LogP contribution < -0.4 is 5.32 Å². The summed E-state index contributed by atoms with van der Waals surface area (Å²) in [4.78, 5) is 12.5. The number of carbonyl (C=O) groups excluding carboxylic acids is 1. The lowest BCUT2D eigenvalue weighted by Crippen LogP contribution is -2.36. The van der Waals surface area contributed by atoms with Crippen molar-refractivity contribution < 1.29 is 18.0 Å². The highest BCUT2D eigenvalue weighted by molar-refractivity contribution is 5.77. The fourth-order valence-corrected chi connectivity index (χ4v) is 0.737. The lowest BCUT2D eigenvalue weighted by atomic mass is 10.4. The van der Waals surface area contributed by atoms with E-state index in [1.807, 2.05) is 0 Å². The van der Waals surface area contributed by atoms with Crippen molar-refractivity contribution in [2.75, 3.05) is 26.7 Å². The van der Waals surface area contributed by atoms with Gasteiger partial charge in [-0.2, -0.15) is 13.2 Å². The van der Waals surface area contributed by atoms with Crippen molar-refractivity contribution in [3.63, 3.8) is 0 Å². The Kier molecular flexibility index (Phi) is 5.52. The summed E-state index contributed by atoms with van der Waals surface area (Å²) in [5, 5.41) is 2.45. The number of halogens is 3. The van der Waals surface area contributed by atoms with E-state index in [1.54, 1.807) is 14.0 Å². The van der Waals surface area contributed by atoms with E-state index in [0.717, 1.165) is 0 Å². The topological polar surface area (TPSA) is 32.3 Å². The molecule has 0 aliphatic carbocycles. The Morgan fingerprint density at radius 3 is 2.43 bits per heavy atom. The molecule has 0 aromatic heterocycles. The molecule has 1 N–H and O–H groups in total. The van der Waals surface area contributed by atoms with E-state index in [2.05, 4.69) is 5.32 Å². The molecule has 0 aromatic carbocycles. The predicted octanol–water partition coefficient (Wildman–Crippen LogP) is 1.01. The van der Waals surface area contributed by atoms with E-state index in [4.69, 9.17) is 0 Å². The Hall–Kier alpha value is -0.780. The molecule has 0 radical (unpaired) electrons. The van der Waals surface area contributed by atoms with Crippen LogP contribution in [0.3, 0.4) is 0 Å². The van der Waals surface area contributed by atoms with Gasteiger partial charge in [0.15, 0.2) is 0 Å². The molecule has 0 aliphatic heterocycles. The first kappa shape index (κ1) is 13.2. The Bertz CT molecular complexity index is 182. The Balaban J connectivity index is 3.51. The first-order valence-corrected chi connectivity index (χ1v) is 4.38. The Morgan fingerprint density at radius 1 is 1.43 bits per heavy atom. The van der Waals surface area contributed by atoms with Crippen LogP contribution in [0.4, 0.5) is 13.2 Å². The summed E-state index contributed by atoms with van der Waals surface area (Å²) in [6.07, 6.45) is -5.07. The van der Waals surface area contributed by atoms with Gasteiger partial charge in [-0.15, -0.1) is 0 Å². The number of hydrogen-bond acceptors (Lipinski definition) is 2. The van der Waals surface area contributed by atoms with Crippen molar-refractivity contribution in [3.8, 4) is 0 Å². The van der Waals surface area contributed by atoms with Crippen LogP contribution in [0.2, 0.25) is 0 Å². The molecule has 0 saturated carbocycles. The summed E-state index contributed by atoms with van der Waals surface area (Å²) in [6.45, 7) is 2.10. The number of amides is 1. The van der Waals surface area contributed by atoms with Crippen molar-refractivity contribution in [1.82, 2.24) is 10.2 Å². The molecule has 0 saturated heterocycles. The largest absolute Gasteiger partial charge is 0.390 e. The number of nitrogens with one attached hydrogen (secondary N) is 1. The molecule has 0 aromatic rings. The van der Waals surface area contributed by atoms with E-state index in [-0.39, 0.29) is 19.0 Å². The number of alkyl halides is 3. The van der Waals surface area contributed by atoms with Crippen molar-refractivity contribution in [2.24, 2.45) is 0 Å². The average molecular weight is 212 g/mol. The highest BCUT2D eigenvalue weighted by atomic mass is 19.4. The maximum Gasteiger partial charge on any atom is 0.390 e. The van der Waals surface area contributed by atoms with Gasteiger partial charge >= 0.3 is 6.18 Å². The van der Waals surface area contributed by atoms with Crippen LogP contribution in [0.15, 0.2) is 0 Å². The third kappa shape index (κ3) is 6.71. The summed E-state index contributed by atoms with van der Waals surface area (Å²) in [6, 6.07) is 0. The number of hydrogen-bond donors (Lipinski definition) is 1. The zero-order chi connectivity index (χ0) is 11.2. The quantitative estimate of drug-likeness (QED) is 0.690. The lowest BCUT2D eigenvalue weighted by molar-refractivity contribution is -0.135. The third-order valence-electron chi connectivity index (χ3n) is 1.76. The molecule has 0 spiro atoms. The minimum Gasteiger partial charge on any atom is -0.345 e. The zero-order valence-electron chi connectivity index (χ0n) is 8.32. The number of carbonyl (C=O) groups is 1. The molecule has 84 valence electrons. The minimum atomic E-state index is -4.16. The van der Waals surface area contributed by atoms with Crippen LogP contribution in [0, 0.1) is 0 Å². The van der Waals surface area contributed by atoms with Crippen molar-refractivity contribution in [3.05, 3.63) is 0 Å². The fraction of sp³-hybridized carbons (Fsp3) is 0.875. The molecule has 0 bridgehead atoms. The van der Waals surface area contributed by atoms with Gasteiger partial charge in [0.05, 0.1) is 13.0 Å². The highest BCUT2D eigenvalue weighted by Gasteiger charge is 2.26. The number of likely N-dealkylation sites (N-methyl/N-ethyl adjacent to an activating group) is 1. The predicted molar refractivity (Wildman–Crippen MR) is 46.9 cm³/mol. The normalized spacial score (nSPS) is 11.5. The maximum absolute atomic E-state index is 11.7. The van der Waals surface area contributed by atoms with Crippen molar-refractivity contribution in [1.29, 1.82) is 0 Å². The Morgan fingerprint density at radius 2 is 2.00 bits per heavy atom. The molecular weight excluding hydrogens is 197 g/mol. The summed E-state index contributed by atoms with van der Waals surface area (Å²) in [5.74, 6) is -0.199. The zero-order valence-corrected chi connectivity index (χ0v) is 8.32. The first-order chi connectivity index (χ1) is 6.37.